The molecular formula is C25H35N7O4S. The van der Waals surface area contributed by atoms with E-state index in [-0.39, 0.29) is 30.0 Å². The molecule has 1 atom stereocenters. The first-order valence-electron chi connectivity index (χ1n) is 12.4. The SMILES string of the molecule is COCCOC(=O)NC1CCN(C(=O)c2cc(NC(C)C(C)(C)C)nc(-c3cnn4ccsc34)n2)CC1. The van der Waals surface area contributed by atoms with Gasteiger partial charge in [-0.3, -0.25) is 4.79 Å². The van der Waals surface area contributed by atoms with E-state index < -0.39 is 6.09 Å². The average Bonchev–Trinajstić information content (AvgIpc) is 3.48. The number of thiazole rings is 1. The second-order valence-electron chi connectivity index (χ2n) is 10.2. The number of anilines is 1. The number of piperidine rings is 1. The van der Waals surface area contributed by atoms with E-state index in [1.165, 1.54) is 0 Å². The molecule has 0 saturated carbocycles. The summed E-state index contributed by atoms with van der Waals surface area (Å²) in [7, 11) is 1.55. The van der Waals surface area contributed by atoms with Gasteiger partial charge in [0.25, 0.3) is 5.91 Å². The molecule has 11 nitrogen and oxygen atoms in total. The summed E-state index contributed by atoms with van der Waals surface area (Å²) in [6.07, 6.45) is 4.41. The Morgan fingerprint density at radius 2 is 1.97 bits per heavy atom. The van der Waals surface area contributed by atoms with Crippen LogP contribution in [0, 0.1) is 5.41 Å². The molecule has 4 rings (SSSR count). The van der Waals surface area contributed by atoms with Crippen molar-refractivity contribution in [2.45, 2.75) is 52.6 Å². The first-order valence-corrected chi connectivity index (χ1v) is 13.3. The van der Waals surface area contributed by atoms with Crippen molar-refractivity contribution in [2.24, 2.45) is 5.41 Å². The Kier molecular flexibility index (Phi) is 8.28. The molecule has 1 aliphatic rings. The van der Waals surface area contributed by atoms with Crippen LogP contribution in [0.4, 0.5) is 10.6 Å². The van der Waals surface area contributed by atoms with E-state index in [1.807, 2.05) is 11.6 Å². The van der Waals surface area contributed by atoms with Crippen LogP contribution in [-0.4, -0.2) is 82.0 Å². The minimum absolute atomic E-state index is 0.00634. The monoisotopic (exact) mass is 529 g/mol. The van der Waals surface area contributed by atoms with Crippen molar-refractivity contribution in [1.82, 2.24) is 29.8 Å². The molecule has 0 radical (unpaired) electrons. The van der Waals surface area contributed by atoms with Crippen LogP contribution in [0.15, 0.2) is 23.8 Å². The lowest BCUT2D eigenvalue weighted by atomic mass is 9.88. The highest BCUT2D eigenvalue weighted by molar-refractivity contribution is 7.16. The maximum Gasteiger partial charge on any atom is 0.407 e. The van der Waals surface area contributed by atoms with Crippen molar-refractivity contribution in [3.8, 4) is 11.4 Å². The molecule has 1 fully saturated rings. The zero-order valence-corrected chi connectivity index (χ0v) is 22.8. The fourth-order valence-corrected chi connectivity index (χ4v) is 4.68. The minimum Gasteiger partial charge on any atom is -0.447 e. The second-order valence-corrected chi connectivity index (χ2v) is 11.1. The Hall–Kier alpha value is -3.25. The van der Waals surface area contributed by atoms with Gasteiger partial charge >= 0.3 is 6.09 Å². The third-order valence-corrected chi connectivity index (χ3v) is 7.49. The molecule has 12 heteroatoms. The van der Waals surface area contributed by atoms with Gasteiger partial charge in [-0.2, -0.15) is 5.10 Å². The van der Waals surface area contributed by atoms with E-state index in [1.54, 1.807) is 40.1 Å². The lowest BCUT2D eigenvalue weighted by Gasteiger charge is -2.32. The van der Waals surface area contributed by atoms with Gasteiger partial charge < -0.3 is 25.0 Å². The summed E-state index contributed by atoms with van der Waals surface area (Å²) in [6.45, 7) is 10.1. The third kappa shape index (κ3) is 6.55. The highest BCUT2D eigenvalue weighted by atomic mass is 32.1. The minimum atomic E-state index is -0.466. The van der Waals surface area contributed by atoms with Crippen LogP contribution in [0.5, 0.6) is 0 Å². The molecule has 0 aromatic carbocycles. The molecule has 4 heterocycles. The second kappa shape index (κ2) is 11.4. The molecule has 1 unspecified atom stereocenters. The Morgan fingerprint density at radius 3 is 2.68 bits per heavy atom. The number of amides is 2. The quantitative estimate of drug-likeness (QED) is 0.424. The lowest BCUT2D eigenvalue weighted by molar-refractivity contribution is 0.0687. The topological polar surface area (TPSA) is 123 Å². The number of hydrogen-bond acceptors (Lipinski definition) is 9. The Bertz CT molecular complexity index is 1230. The molecule has 2 amide bonds. The summed E-state index contributed by atoms with van der Waals surface area (Å²) in [5.74, 6) is 0.898. The number of carbonyl (C=O) groups excluding carboxylic acids is 2. The van der Waals surface area contributed by atoms with Crippen LogP contribution in [0.1, 0.15) is 51.0 Å². The van der Waals surface area contributed by atoms with Crippen LogP contribution >= 0.6 is 11.3 Å². The standard InChI is InChI=1S/C25H35N7O4S/c1-16(25(2,3)4)27-20-14-19(29-21(30-20)18-15-26-32-10-13-37-23(18)32)22(33)31-8-6-17(7-9-31)28-24(34)36-12-11-35-5/h10,13-17H,6-9,11-12H2,1-5H3,(H,28,34)(H,27,29,30). The number of nitrogens with zero attached hydrogens (tertiary/aromatic N) is 5. The van der Waals surface area contributed by atoms with Crippen LogP contribution in [0.2, 0.25) is 0 Å². The maximum atomic E-state index is 13.5. The van der Waals surface area contributed by atoms with Crippen molar-refractivity contribution >= 4 is 34.0 Å². The Labute approximate surface area is 220 Å². The molecule has 1 aliphatic heterocycles. The van der Waals surface area contributed by atoms with Crippen LogP contribution in [-0.2, 0) is 9.47 Å². The number of alkyl carbamates (subject to hydrolysis) is 1. The van der Waals surface area contributed by atoms with Crippen molar-refractivity contribution in [3.63, 3.8) is 0 Å². The fraction of sp³-hybridized carbons (Fsp3) is 0.560. The molecule has 2 N–H and O–H groups in total. The fourth-order valence-electron chi connectivity index (χ4n) is 3.89. The summed E-state index contributed by atoms with van der Waals surface area (Å²) in [5.41, 5.74) is 1.11. The van der Waals surface area contributed by atoms with Crippen LogP contribution in [0.3, 0.4) is 0 Å². The normalized spacial score (nSPS) is 15.5. The van der Waals surface area contributed by atoms with E-state index >= 15 is 0 Å². The number of aromatic nitrogens is 4. The number of likely N-dealkylation sites (tertiary alicyclic amines) is 1. The highest BCUT2D eigenvalue weighted by Crippen LogP contribution is 2.28. The number of carbonyl (C=O) groups is 2. The number of rotatable bonds is 8. The predicted molar refractivity (Wildman–Crippen MR) is 142 cm³/mol. The van der Waals surface area contributed by atoms with Gasteiger partial charge in [-0.15, -0.1) is 11.3 Å². The molecule has 3 aromatic rings. The molecule has 1 saturated heterocycles. The third-order valence-electron chi connectivity index (χ3n) is 6.61. The molecule has 200 valence electrons. The lowest BCUT2D eigenvalue weighted by Crippen LogP contribution is -2.47. The van der Waals surface area contributed by atoms with Gasteiger partial charge in [0.15, 0.2) is 5.82 Å². The van der Waals surface area contributed by atoms with Gasteiger partial charge in [-0.1, -0.05) is 20.8 Å². The van der Waals surface area contributed by atoms with E-state index in [9.17, 15) is 9.59 Å². The molecule has 0 bridgehead atoms. The average molecular weight is 530 g/mol. The van der Waals surface area contributed by atoms with Crippen LogP contribution < -0.4 is 10.6 Å². The summed E-state index contributed by atoms with van der Waals surface area (Å²) >= 11 is 1.55. The van der Waals surface area contributed by atoms with Gasteiger partial charge in [0, 0.05) is 49.9 Å². The predicted octanol–water partition coefficient (Wildman–Crippen LogP) is 3.68. The zero-order valence-electron chi connectivity index (χ0n) is 22.0. The zero-order chi connectivity index (χ0) is 26.6. The summed E-state index contributed by atoms with van der Waals surface area (Å²) in [4.78, 5) is 37.6. The number of fused-ring (bicyclic) bond motifs is 1. The largest absolute Gasteiger partial charge is 0.447 e. The molecular weight excluding hydrogens is 494 g/mol. The first-order chi connectivity index (χ1) is 17.7. The van der Waals surface area contributed by atoms with E-state index in [0.29, 0.717) is 49.9 Å². The van der Waals surface area contributed by atoms with Crippen molar-refractivity contribution in [3.05, 3.63) is 29.5 Å². The van der Waals surface area contributed by atoms with E-state index in [4.69, 9.17) is 14.5 Å². The van der Waals surface area contributed by atoms with Crippen molar-refractivity contribution in [1.29, 1.82) is 0 Å². The van der Waals surface area contributed by atoms with Crippen LogP contribution in [0.25, 0.3) is 16.2 Å². The van der Waals surface area contributed by atoms with Gasteiger partial charge in [0.2, 0.25) is 0 Å². The molecule has 0 aliphatic carbocycles. The van der Waals surface area contributed by atoms with E-state index in [2.05, 4.69) is 48.4 Å². The smallest absolute Gasteiger partial charge is 0.407 e. The Morgan fingerprint density at radius 1 is 1.22 bits per heavy atom. The summed E-state index contributed by atoms with van der Waals surface area (Å²) < 4.78 is 11.8. The number of hydrogen-bond donors (Lipinski definition) is 2. The molecule has 3 aromatic heterocycles. The highest BCUT2D eigenvalue weighted by Gasteiger charge is 2.28. The first kappa shape index (κ1) is 26.8. The van der Waals surface area contributed by atoms with Gasteiger partial charge in [0.1, 0.15) is 22.9 Å². The summed E-state index contributed by atoms with van der Waals surface area (Å²) in [6, 6.07) is 1.78. The van der Waals surface area contributed by atoms with Gasteiger partial charge in [-0.25, -0.2) is 19.3 Å². The Balaban J connectivity index is 1.51. The van der Waals surface area contributed by atoms with Crippen molar-refractivity contribution < 1.29 is 19.1 Å². The van der Waals surface area contributed by atoms with Gasteiger partial charge in [-0.05, 0) is 25.2 Å². The molecule has 37 heavy (non-hydrogen) atoms. The van der Waals surface area contributed by atoms with E-state index in [0.717, 1.165) is 10.4 Å². The number of ether oxygens (including phenoxy) is 2. The molecule has 0 spiro atoms. The van der Waals surface area contributed by atoms with Gasteiger partial charge in [0.05, 0.1) is 18.4 Å². The number of methoxy groups -OCH3 is 1. The van der Waals surface area contributed by atoms with Crippen molar-refractivity contribution in [2.75, 3.05) is 38.7 Å². The maximum absolute atomic E-state index is 13.5. The number of nitrogens with one attached hydrogen (secondary N) is 2. The summed E-state index contributed by atoms with van der Waals surface area (Å²) in [5, 5.41) is 12.7.